The normalized spacial score (nSPS) is 18.8. The van der Waals surface area contributed by atoms with E-state index in [0.717, 1.165) is 25.7 Å². The molecule has 3 nitrogen and oxygen atoms in total. The molecule has 0 spiro atoms. The number of amides is 1. The first-order valence-electron chi connectivity index (χ1n) is 11.4. The average molecular weight is 413 g/mol. The van der Waals surface area contributed by atoms with Gasteiger partial charge in [-0.05, 0) is 89.1 Å². The summed E-state index contributed by atoms with van der Waals surface area (Å²) in [6.07, 6.45) is 7.65. The van der Waals surface area contributed by atoms with Crippen molar-refractivity contribution in [1.82, 2.24) is 4.98 Å². The topological polar surface area (TPSA) is 56.0 Å². The molecule has 2 aromatic carbocycles. The largest absolute Gasteiger partial charge is 0.369 e. The molecule has 2 N–H and O–H groups in total. The summed E-state index contributed by atoms with van der Waals surface area (Å²) in [5.74, 6) is 0.578. The molecule has 2 atom stereocenters. The molecule has 0 aliphatic heterocycles. The van der Waals surface area contributed by atoms with Gasteiger partial charge in [-0.25, -0.2) is 0 Å². The van der Waals surface area contributed by atoms with Crippen LogP contribution in [0.25, 0.3) is 22.3 Å². The van der Waals surface area contributed by atoms with Crippen molar-refractivity contribution in [2.75, 3.05) is 0 Å². The number of carbonyl (C=O) groups is 1. The van der Waals surface area contributed by atoms with Crippen LogP contribution in [0.1, 0.15) is 68.1 Å². The van der Waals surface area contributed by atoms with Crippen molar-refractivity contribution in [1.29, 1.82) is 0 Å². The lowest BCUT2D eigenvalue weighted by Gasteiger charge is -2.30. The van der Waals surface area contributed by atoms with Gasteiger partial charge < -0.3 is 5.73 Å². The second kappa shape index (κ2) is 9.05. The van der Waals surface area contributed by atoms with E-state index in [2.05, 4.69) is 74.3 Å². The van der Waals surface area contributed by atoms with Gasteiger partial charge in [0.2, 0.25) is 5.91 Å². The fourth-order valence-electron chi connectivity index (χ4n) is 5.20. The van der Waals surface area contributed by atoms with Crippen LogP contribution >= 0.6 is 0 Å². The van der Waals surface area contributed by atoms with E-state index >= 15 is 0 Å². The lowest BCUT2D eigenvalue weighted by Crippen LogP contribution is -2.28. The van der Waals surface area contributed by atoms with Gasteiger partial charge in [0.05, 0.1) is 0 Å². The molecular weight excluding hydrogens is 380 g/mol. The number of carbonyl (C=O) groups excluding carboxylic acids is 1. The van der Waals surface area contributed by atoms with Gasteiger partial charge in [0.15, 0.2) is 0 Å². The Hall–Kier alpha value is -2.94. The first kappa shape index (κ1) is 21.3. The first-order chi connectivity index (χ1) is 15.0. The Morgan fingerprint density at radius 2 is 1.74 bits per heavy atom. The highest BCUT2D eigenvalue weighted by molar-refractivity contribution is 5.89. The molecule has 1 aliphatic carbocycles. The van der Waals surface area contributed by atoms with Crippen LogP contribution in [0, 0.1) is 12.8 Å². The molecule has 0 bridgehead atoms. The molecule has 2 unspecified atom stereocenters. The summed E-state index contributed by atoms with van der Waals surface area (Å²) in [5, 5.41) is 0. The molecule has 1 amide bonds. The van der Waals surface area contributed by atoms with Crippen molar-refractivity contribution in [2.45, 2.75) is 58.3 Å². The predicted molar refractivity (Wildman–Crippen MR) is 128 cm³/mol. The summed E-state index contributed by atoms with van der Waals surface area (Å²) in [6.45, 7) is 6.71. The number of primary amides is 1. The summed E-state index contributed by atoms with van der Waals surface area (Å²) >= 11 is 0. The Labute approximate surface area is 185 Å². The van der Waals surface area contributed by atoms with Crippen molar-refractivity contribution in [3.63, 3.8) is 0 Å². The minimum absolute atomic E-state index is 0.0199. The maximum absolute atomic E-state index is 11.9. The minimum Gasteiger partial charge on any atom is -0.369 e. The monoisotopic (exact) mass is 412 g/mol. The highest BCUT2D eigenvalue weighted by Crippen LogP contribution is 2.46. The van der Waals surface area contributed by atoms with Crippen molar-refractivity contribution in [3.8, 4) is 22.3 Å². The number of aryl methyl sites for hydroxylation is 1. The smallest absolute Gasteiger partial charge is 0.220 e. The van der Waals surface area contributed by atoms with Gasteiger partial charge >= 0.3 is 0 Å². The highest BCUT2D eigenvalue weighted by atomic mass is 16.1. The van der Waals surface area contributed by atoms with E-state index in [1.54, 1.807) is 0 Å². The summed E-state index contributed by atoms with van der Waals surface area (Å²) in [4.78, 5) is 16.2. The number of aromatic nitrogens is 1. The van der Waals surface area contributed by atoms with Crippen LogP contribution in [0.15, 0.2) is 60.9 Å². The van der Waals surface area contributed by atoms with Crippen molar-refractivity contribution >= 4 is 5.91 Å². The van der Waals surface area contributed by atoms with Crippen LogP contribution in [-0.2, 0) is 4.79 Å². The zero-order chi connectivity index (χ0) is 22.0. The Morgan fingerprint density at radius 3 is 2.45 bits per heavy atom. The molecule has 160 valence electrons. The summed E-state index contributed by atoms with van der Waals surface area (Å²) < 4.78 is 0. The van der Waals surface area contributed by atoms with E-state index in [1.165, 1.54) is 38.9 Å². The Kier molecular flexibility index (Phi) is 6.22. The summed E-state index contributed by atoms with van der Waals surface area (Å²) in [6, 6.07) is 17.5. The van der Waals surface area contributed by atoms with Crippen LogP contribution < -0.4 is 5.73 Å². The number of benzene rings is 2. The quantitative estimate of drug-likeness (QED) is 0.513. The van der Waals surface area contributed by atoms with Gasteiger partial charge in [0.25, 0.3) is 0 Å². The molecule has 1 fully saturated rings. The van der Waals surface area contributed by atoms with Crippen LogP contribution in [0.3, 0.4) is 0 Å². The predicted octanol–water partition coefficient (Wildman–Crippen LogP) is 6.61. The number of hydrogen-bond acceptors (Lipinski definition) is 2. The maximum Gasteiger partial charge on any atom is 0.220 e. The number of hydrogen-bond donors (Lipinski definition) is 1. The molecular formula is C28H32N2O. The van der Waals surface area contributed by atoms with E-state index in [4.69, 9.17) is 5.73 Å². The molecule has 1 aliphatic rings. The van der Waals surface area contributed by atoms with Gasteiger partial charge in [-0.15, -0.1) is 0 Å². The summed E-state index contributed by atoms with van der Waals surface area (Å²) in [7, 11) is 0. The third kappa shape index (κ3) is 4.27. The van der Waals surface area contributed by atoms with Crippen LogP contribution in [0.4, 0.5) is 0 Å². The number of pyridine rings is 1. The third-order valence-electron chi connectivity index (χ3n) is 6.78. The molecule has 3 aromatic rings. The van der Waals surface area contributed by atoms with Crippen LogP contribution in [0.5, 0.6) is 0 Å². The second-order valence-electron chi connectivity index (χ2n) is 9.16. The van der Waals surface area contributed by atoms with E-state index in [0.29, 0.717) is 11.8 Å². The maximum atomic E-state index is 11.9. The standard InChI is InChI=1S/C28H32N2O/c1-18(2)23-12-11-19(3)26(20-13-15-30-16-14-20)27(23)25-10-5-4-9-24(25)21-7-6-8-22(17-21)28(29)31/h4-5,9-16,18,21-22H,6-8,17H2,1-3H3,(H2,29,31). The lowest BCUT2D eigenvalue weighted by atomic mass is 9.74. The molecule has 0 saturated heterocycles. The van der Waals surface area contributed by atoms with Gasteiger partial charge in [0.1, 0.15) is 0 Å². The number of nitrogens with zero attached hydrogens (tertiary/aromatic N) is 1. The SMILES string of the molecule is Cc1ccc(C(C)C)c(-c2ccccc2C2CCCC(C(N)=O)C2)c1-c1ccncc1. The zero-order valence-electron chi connectivity index (χ0n) is 18.8. The molecule has 4 rings (SSSR count). The van der Waals surface area contributed by atoms with Crippen LogP contribution in [-0.4, -0.2) is 10.9 Å². The Bertz CT molecular complexity index is 1070. The van der Waals surface area contributed by atoms with Gasteiger partial charge in [-0.1, -0.05) is 56.7 Å². The van der Waals surface area contributed by atoms with E-state index in [-0.39, 0.29) is 11.8 Å². The fraction of sp³-hybridized carbons (Fsp3) is 0.357. The van der Waals surface area contributed by atoms with E-state index in [9.17, 15) is 4.79 Å². The van der Waals surface area contributed by atoms with Gasteiger partial charge in [0, 0.05) is 18.3 Å². The van der Waals surface area contributed by atoms with E-state index in [1.807, 2.05) is 12.4 Å². The highest BCUT2D eigenvalue weighted by Gasteiger charge is 2.29. The third-order valence-corrected chi connectivity index (χ3v) is 6.78. The number of rotatable bonds is 5. The van der Waals surface area contributed by atoms with Crippen molar-refractivity contribution < 1.29 is 4.79 Å². The summed E-state index contributed by atoms with van der Waals surface area (Å²) in [5.41, 5.74) is 14.7. The van der Waals surface area contributed by atoms with Gasteiger partial charge in [-0.2, -0.15) is 0 Å². The fourth-order valence-corrected chi connectivity index (χ4v) is 5.20. The molecule has 1 saturated carbocycles. The first-order valence-corrected chi connectivity index (χ1v) is 11.4. The Morgan fingerprint density at radius 1 is 1.00 bits per heavy atom. The van der Waals surface area contributed by atoms with E-state index < -0.39 is 0 Å². The molecule has 0 radical (unpaired) electrons. The molecule has 3 heteroatoms. The molecule has 1 aromatic heterocycles. The second-order valence-corrected chi connectivity index (χ2v) is 9.16. The molecule has 31 heavy (non-hydrogen) atoms. The zero-order valence-corrected chi connectivity index (χ0v) is 18.8. The average Bonchev–Trinajstić information content (AvgIpc) is 2.79. The Balaban J connectivity index is 1.93. The van der Waals surface area contributed by atoms with Crippen molar-refractivity contribution in [2.24, 2.45) is 11.7 Å². The van der Waals surface area contributed by atoms with Crippen LogP contribution in [0.2, 0.25) is 0 Å². The van der Waals surface area contributed by atoms with Crippen molar-refractivity contribution in [3.05, 3.63) is 77.6 Å². The molecule has 1 heterocycles. The lowest BCUT2D eigenvalue weighted by molar-refractivity contribution is -0.122. The minimum atomic E-state index is -0.155. The van der Waals surface area contributed by atoms with Gasteiger partial charge in [-0.3, -0.25) is 9.78 Å². The number of nitrogens with two attached hydrogens (primary N) is 1.